The lowest BCUT2D eigenvalue weighted by Crippen LogP contribution is -2.32. The van der Waals surface area contributed by atoms with E-state index >= 15 is 0 Å². The lowest BCUT2D eigenvalue weighted by molar-refractivity contribution is 0.0741. The molecule has 0 saturated heterocycles. The number of thioether (sulfide) groups is 1. The first-order valence-corrected chi connectivity index (χ1v) is 9.04. The molecule has 0 atom stereocenters. The molecule has 0 aromatic carbocycles. The fourth-order valence-electron chi connectivity index (χ4n) is 2.59. The van der Waals surface area contributed by atoms with Crippen LogP contribution in [-0.4, -0.2) is 38.0 Å². The summed E-state index contributed by atoms with van der Waals surface area (Å²) < 4.78 is 1.90. The van der Waals surface area contributed by atoms with Crippen molar-refractivity contribution in [3.63, 3.8) is 0 Å². The van der Waals surface area contributed by atoms with Gasteiger partial charge in [-0.2, -0.15) is 5.26 Å². The third-order valence-electron chi connectivity index (χ3n) is 3.76. The Kier molecular flexibility index (Phi) is 5.31. The summed E-state index contributed by atoms with van der Waals surface area (Å²) >= 11 is 1.49. The van der Waals surface area contributed by atoms with Crippen molar-refractivity contribution < 1.29 is 4.79 Å². The summed E-state index contributed by atoms with van der Waals surface area (Å²) in [6.45, 7) is 0.689. The van der Waals surface area contributed by atoms with Crippen molar-refractivity contribution in [1.82, 2.24) is 19.3 Å². The van der Waals surface area contributed by atoms with E-state index in [9.17, 15) is 4.79 Å². The van der Waals surface area contributed by atoms with Crippen molar-refractivity contribution >= 4 is 23.2 Å². The van der Waals surface area contributed by atoms with Crippen molar-refractivity contribution in [2.45, 2.75) is 18.1 Å². The van der Waals surface area contributed by atoms with Gasteiger partial charge in [-0.3, -0.25) is 14.2 Å². The molecule has 0 bridgehead atoms. The number of fused-ring (bicyclic) bond motifs is 1. The van der Waals surface area contributed by atoms with Crippen LogP contribution in [0.5, 0.6) is 0 Å². The van der Waals surface area contributed by atoms with E-state index in [1.807, 2.05) is 53.3 Å². The highest BCUT2D eigenvalue weighted by molar-refractivity contribution is 7.98. The molecule has 0 fully saturated rings. The zero-order chi connectivity index (χ0) is 17.6. The minimum atomic E-state index is -0.190. The second kappa shape index (κ2) is 7.81. The molecule has 0 spiro atoms. The van der Waals surface area contributed by atoms with Crippen molar-refractivity contribution in [2.24, 2.45) is 0 Å². The van der Waals surface area contributed by atoms with Gasteiger partial charge in [0.1, 0.15) is 0 Å². The summed E-state index contributed by atoms with van der Waals surface area (Å²) in [6, 6.07) is 13.4. The molecule has 0 radical (unpaired) electrons. The van der Waals surface area contributed by atoms with Crippen LogP contribution in [0.2, 0.25) is 0 Å². The maximum Gasteiger partial charge on any atom is 0.275 e. The second-order valence-corrected chi connectivity index (χ2v) is 6.13. The average molecular weight is 351 g/mol. The zero-order valence-electron chi connectivity index (χ0n) is 13.8. The number of pyridine rings is 2. The molecule has 126 valence electrons. The molecule has 0 unspecified atom stereocenters. The summed E-state index contributed by atoms with van der Waals surface area (Å²) in [5.41, 5.74) is 1.95. The average Bonchev–Trinajstić information content (AvgIpc) is 3.04. The number of nitriles is 1. The number of carbonyl (C=O) groups is 1. The van der Waals surface area contributed by atoms with Crippen LogP contribution >= 0.6 is 11.8 Å². The highest BCUT2D eigenvalue weighted by atomic mass is 32.2. The van der Waals surface area contributed by atoms with Crippen molar-refractivity contribution in [1.29, 1.82) is 5.26 Å². The van der Waals surface area contributed by atoms with E-state index in [1.165, 1.54) is 11.8 Å². The first-order chi connectivity index (χ1) is 12.2. The zero-order valence-corrected chi connectivity index (χ0v) is 14.6. The van der Waals surface area contributed by atoms with Crippen molar-refractivity contribution in [3.05, 3.63) is 60.2 Å². The van der Waals surface area contributed by atoms with Gasteiger partial charge in [-0.1, -0.05) is 23.9 Å². The molecule has 3 rings (SSSR count). The Bertz CT molecular complexity index is 916. The van der Waals surface area contributed by atoms with Crippen LogP contribution in [0.15, 0.2) is 53.9 Å². The molecular weight excluding hydrogens is 334 g/mol. The molecule has 3 aromatic rings. The van der Waals surface area contributed by atoms with Crippen molar-refractivity contribution in [2.75, 3.05) is 12.8 Å². The number of hydrogen-bond acceptors (Lipinski definition) is 5. The lowest BCUT2D eigenvalue weighted by atomic mass is 10.2. The Hall–Kier alpha value is -2.85. The van der Waals surface area contributed by atoms with Crippen LogP contribution in [-0.2, 0) is 6.54 Å². The molecule has 3 heterocycles. The summed E-state index contributed by atoms with van der Waals surface area (Å²) in [4.78, 5) is 23.5. The number of imidazole rings is 1. The van der Waals surface area contributed by atoms with Gasteiger partial charge in [0.15, 0.2) is 10.9 Å². The summed E-state index contributed by atoms with van der Waals surface area (Å²) in [5, 5.41) is 9.68. The maximum absolute atomic E-state index is 13.1. The summed E-state index contributed by atoms with van der Waals surface area (Å²) in [7, 11) is 0. The highest BCUT2D eigenvalue weighted by Gasteiger charge is 2.23. The Labute approximate surface area is 150 Å². The van der Waals surface area contributed by atoms with E-state index in [4.69, 9.17) is 5.26 Å². The predicted molar refractivity (Wildman–Crippen MR) is 96.2 cm³/mol. The number of nitrogens with zero attached hydrogens (tertiary/aromatic N) is 5. The molecule has 0 aliphatic heterocycles. The monoisotopic (exact) mass is 351 g/mol. The molecule has 7 heteroatoms. The second-order valence-electron chi connectivity index (χ2n) is 5.36. The van der Waals surface area contributed by atoms with E-state index in [0.717, 1.165) is 16.4 Å². The van der Waals surface area contributed by atoms with Gasteiger partial charge in [0.05, 0.1) is 30.2 Å². The van der Waals surface area contributed by atoms with E-state index in [1.54, 1.807) is 11.1 Å². The van der Waals surface area contributed by atoms with Crippen LogP contribution in [0.1, 0.15) is 22.6 Å². The molecule has 0 N–H and O–H groups in total. The summed E-state index contributed by atoms with van der Waals surface area (Å²) in [5.74, 6) is -0.190. The van der Waals surface area contributed by atoms with Crippen LogP contribution < -0.4 is 0 Å². The summed E-state index contributed by atoms with van der Waals surface area (Å²) in [6.07, 6.45) is 5.78. The molecule has 0 aliphatic rings. The predicted octanol–water partition coefficient (Wildman–Crippen LogP) is 3.01. The van der Waals surface area contributed by atoms with Gasteiger partial charge in [0.25, 0.3) is 5.91 Å². The lowest BCUT2D eigenvalue weighted by Gasteiger charge is -2.20. The molecule has 3 aromatic heterocycles. The van der Waals surface area contributed by atoms with Gasteiger partial charge >= 0.3 is 0 Å². The van der Waals surface area contributed by atoms with Gasteiger partial charge in [0.2, 0.25) is 0 Å². The Morgan fingerprint density at radius 1 is 1.32 bits per heavy atom. The molecule has 6 nitrogen and oxygen atoms in total. The molecule has 0 aliphatic carbocycles. The van der Waals surface area contributed by atoms with E-state index in [0.29, 0.717) is 18.8 Å². The van der Waals surface area contributed by atoms with Crippen LogP contribution in [0.3, 0.4) is 0 Å². The fourth-order valence-corrected chi connectivity index (χ4v) is 3.12. The normalized spacial score (nSPS) is 10.6. The van der Waals surface area contributed by atoms with Gasteiger partial charge in [-0.15, -0.1) is 0 Å². The minimum absolute atomic E-state index is 0.190. The standard InChI is InChI=1S/C18H17N5OS/c1-25-18-21-16(15-8-3-5-12-23(15)18)17(24)22(11-6-9-19)13-14-7-2-4-10-20-14/h2-5,7-8,10,12H,6,11,13H2,1H3. The molecule has 1 amide bonds. The van der Waals surface area contributed by atoms with Gasteiger partial charge in [-0.25, -0.2) is 4.98 Å². The topological polar surface area (TPSA) is 74.3 Å². The van der Waals surface area contributed by atoms with E-state index in [-0.39, 0.29) is 12.3 Å². The fraction of sp³-hybridized carbons (Fsp3) is 0.222. The first kappa shape index (κ1) is 17.0. The Morgan fingerprint density at radius 3 is 2.88 bits per heavy atom. The Balaban J connectivity index is 1.96. The number of aromatic nitrogens is 3. The highest BCUT2D eigenvalue weighted by Crippen LogP contribution is 2.21. The first-order valence-electron chi connectivity index (χ1n) is 7.82. The third kappa shape index (κ3) is 3.64. The van der Waals surface area contributed by atoms with Crippen LogP contribution in [0.4, 0.5) is 0 Å². The third-order valence-corrected chi connectivity index (χ3v) is 4.41. The number of rotatable bonds is 6. The number of carbonyl (C=O) groups excluding carboxylic acids is 1. The van der Waals surface area contributed by atoms with Crippen LogP contribution in [0, 0.1) is 11.3 Å². The molecular formula is C18H17N5OS. The quantitative estimate of drug-likeness (QED) is 0.638. The van der Waals surface area contributed by atoms with Gasteiger partial charge in [0, 0.05) is 18.9 Å². The van der Waals surface area contributed by atoms with Gasteiger partial charge in [-0.05, 0) is 30.5 Å². The molecule has 25 heavy (non-hydrogen) atoms. The number of hydrogen-bond donors (Lipinski definition) is 0. The largest absolute Gasteiger partial charge is 0.330 e. The van der Waals surface area contributed by atoms with Gasteiger partial charge < -0.3 is 4.90 Å². The SMILES string of the molecule is CSc1nc(C(=O)N(CCC#N)Cc2ccccn2)c2ccccn12. The van der Waals surface area contributed by atoms with E-state index in [2.05, 4.69) is 16.0 Å². The Morgan fingerprint density at radius 2 is 2.16 bits per heavy atom. The molecule has 0 saturated carbocycles. The smallest absolute Gasteiger partial charge is 0.275 e. The van der Waals surface area contributed by atoms with Crippen LogP contribution in [0.25, 0.3) is 5.52 Å². The van der Waals surface area contributed by atoms with Crippen molar-refractivity contribution in [3.8, 4) is 6.07 Å². The minimum Gasteiger partial charge on any atom is -0.330 e. The van der Waals surface area contributed by atoms with E-state index < -0.39 is 0 Å². The maximum atomic E-state index is 13.1. The number of amides is 1.